The molecule has 72 valence electrons. The SMILES string of the molecule is OCCCc1ccc(F)c(Cl)c1F. The summed E-state index contributed by atoms with van der Waals surface area (Å²) in [6.45, 7) is -0.0194. The maximum Gasteiger partial charge on any atom is 0.147 e. The van der Waals surface area contributed by atoms with Crippen molar-refractivity contribution in [2.45, 2.75) is 12.8 Å². The van der Waals surface area contributed by atoms with Crippen LogP contribution in [0.1, 0.15) is 12.0 Å². The minimum absolute atomic E-state index is 0.0194. The van der Waals surface area contributed by atoms with Crippen LogP contribution < -0.4 is 0 Å². The number of rotatable bonds is 3. The van der Waals surface area contributed by atoms with Crippen molar-refractivity contribution in [3.63, 3.8) is 0 Å². The fourth-order valence-corrected chi connectivity index (χ4v) is 1.21. The quantitative estimate of drug-likeness (QED) is 0.754. The minimum Gasteiger partial charge on any atom is -0.396 e. The Labute approximate surface area is 80.0 Å². The van der Waals surface area contributed by atoms with Gasteiger partial charge in [-0.1, -0.05) is 17.7 Å². The molecule has 0 amide bonds. The normalized spacial score (nSPS) is 10.5. The zero-order valence-corrected chi connectivity index (χ0v) is 7.61. The van der Waals surface area contributed by atoms with Crippen LogP contribution in [-0.2, 0) is 6.42 Å². The van der Waals surface area contributed by atoms with Gasteiger partial charge in [-0.3, -0.25) is 0 Å². The van der Waals surface area contributed by atoms with E-state index in [0.717, 1.165) is 6.07 Å². The van der Waals surface area contributed by atoms with Gasteiger partial charge in [0, 0.05) is 6.61 Å². The Balaban J connectivity index is 2.90. The molecule has 0 unspecified atom stereocenters. The summed E-state index contributed by atoms with van der Waals surface area (Å²) in [7, 11) is 0. The van der Waals surface area contributed by atoms with Crippen LogP contribution in [0.2, 0.25) is 5.02 Å². The molecule has 1 aromatic rings. The van der Waals surface area contributed by atoms with Crippen molar-refractivity contribution in [3.05, 3.63) is 34.4 Å². The zero-order valence-electron chi connectivity index (χ0n) is 6.86. The molecule has 0 saturated heterocycles. The molecule has 0 heterocycles. The Kier molecular flexibility index (Phi) is 3.63. The lowest BCUT2D eigenvalue weighted by molar-refractivity contribution is 0.288. The molecular formula is C9H9ClF2O. The Bertz CT molecular complexity index is 302. The average Bonchev–Trinajstić information content (AvgIpc) is 2.13. The van der Waals surface area contributed by atoms with E-state index in [9.17, 15) is 8.78 Å². The molecule has 0 aliphatic carbocycles. The average molecular weight is 207 g/mol. The molecule has 0 spiro atoms. The predicted octanol–water partition coefficient (Wildman–Crippen LogP) is 2.54. The zero-order chi connectivity index (χ0) is 9.84. The fraction of sp³-hybridized carbons (Fsp3) is 0.333. The van der Waals surface area contributed by atoms with Crippen molar-refractivity contribution in [1.82, 2.24) is 0 Å². The van der Waals surface area contributed by atoms with Crippen molar-refractivity contribution in [3.8, 4) is 0 Å². The lowest BCUT2D eigenvalue weighted by Crippen LogP contribution is -1.95. The van der Waals surface area contributed by atoms with Gasteiger partial charge in [-0.25, -0.2) is 8.78 Å². The van der Waals surface area contributed by atoms with Crippen molar-refractivity contribution >= 4 is 11.6 Å². The summed E-state index contributed by atoms with van der Waals surface area (Å²) in [5.41, 5.74) is 0.334. The van der Waals surface area contributed by atoms with Crippen LogP contribution in [0.25, 0.3) is 0 Å². The maximum atomic E-state index is 13.1. The highest BCUT2D eigenvalue weighted by molar-refractivity contribution is 6.30. The number of benzene rings is 1. The van der Waals surface area contributed by atoms with Gasteiger partial charge >= 0.3 is 0 Å². The van der Waals surface area contributed by atoms with E-state index >= 15 is 0 Å². The van der Waals surface area contributed by atoms with Crippen molar-refractivity contribution < 1.29 is 13.9 Å². The van der Waals surface area contributed by atoms with E-state index in [1.807, 2.05) is 0 Å². The summed E-state index contributed by atoms with van der Waals surface area (Å²) >= 11 is 5.35. The summed E-state index contributed by atoms with van der Waals surface area (Å²) in [6, 6.07) is 2.46. The van der Waals surface area contributed by atoms with E-state index < -0.39 is 16.7 Å². The van der Waals surface area contributed by atoms with E-state index in [-0.39, 0.29) is 6.61 Å². The van der Waals surface area contributed by atoms with Gasteiger partial charge in [0.1, 0.15) is 16.7 Å². The second kappa shape index (κ2) is 4.53. The maximum absolute atomic E-state index is 13.1. The second-order valence-electron chi connectivity index (χ2n) is 2.66. The first-order chi connectivity index (χ1) is 6.16. The van der Waals surface area contributed by atoms with Crippen LogP contribution in [0.5, 0.6) is 0 Å². The van der Waals surface area contributed by atoms with E-state index in [1.165, 1.54) is 6.07 Å². The molecule has 0 bridgehead atoms. The molecule has 0 aliphatic rings. The number of aliphatic hydroxyl groups is 1. The molecule has 0 aromatic heterocycles. The largest absolute Gasteiger partial charge is 0.396 e. The van der Waals surface area contributed by atoms with Crippen LogP contribution in [0.3, 0.4) is 0 Å². The van der Waals surface area contributed by atoms with Gasteiger partial charge in [-0.15, -0.1) is 0 Å². The first kappa shape index (κ1) is 10.4. The Morgan fingerprint density at radius 1 is 1.31 bits per heavy atom. The smallest absolute Gasteiger partial charge is 0.147 e. The number of halogens is 3. The van der Waals surface area contributed by atoms with Gasteiger partial charge in [0.05, 0.1) is 0 Å². The lowest BCUT2D eigenvalue weighted by atomic mass is 10.1. The van der Waals surface area contributed by atoms with Crippen LogP contribution in [-0.4, -0.2) is 11.7 Å². The number of aliphatic hydroxyl groups excluding tert-OH is 1. The van der Waals surface area contributed by atoms with Crippen LogP contribution in [0.15, 0.2) is 12.1 Å². The number of aryl methyl sites for hydroxylation is 1. The first-order valence-corrected chi connectivity index (χ1v) is 4.28. The van der Waals surface area contributed by atoms with Crippen LogP contribution in [0, 0.1) is 11.6 Å². The summed E-state index contributed by atoms with van der Waals surface area (Å²) in [5.74, 6) is -1.48. The highest BCUT2D eigenvalue weighted by Crippen LogP contribution is 2.22. The summed E-state index contributed by atoms with van der Waals surface area (Å²) < 4.78 is 25.8. The van der Waals surface area contributed by atoms with Crippen molar-refractivity contribution in [2.24, 2.45) is 0 Å². The minimum atomic E-state index is -0.757. The van der Waals surface area contributed by atoms with Gasteiger partial charge in [-0.05, 0) is 24.5 Å². The van der Waals surface area contributed by atoms with Crippen LogP contribution in [0.4, 0.5) is 8.78 Å². The molecule has 1 rings (SSSR count). The Hall–Kier alpha value is -0.670. The summed E-state index contributed by atoms with van der Waals surface area (Å²) in [6.07, 6.45) is 0.807. The van der Waals surface area contributed by atoms with E-state index in [1.54, 1.807) is 0 Å². The number of hydrogen-bond acceptors (Lipinski definition) is 1. The standard InChI is InChI=1S/C9H9ClF2O/c10-8-7(11)4-3-6(9(8)12)2-1-5-13/h3-4,13H,1-2,5H2. The monoisotopic (exact) mass is 206 g/mol. The molecule has 1 nitrogen and oxygen atoms in total. The third-order valence-electron chi connectivity index (χ3n) is 1.72. The highest BCUT2D eigenvalue weighted by Gasteiger charge is 2.10. The third kappa shape index (κ3) is 2.39. The van der Waals surface area contributed by atoms with Gasteiger partial charge in [-0.2, -0.15) is 0 Å². The number of hydrogen-bond donors (Lipinski definition) is 1. The second-order valence-corrected chi connectivity index (χ2v) is 3.04. The van der Waals surface area contributed by atoms with Crippen molar-refractivity contribution in [2.75, 3.05) is 6.61 Å². The first-order valence-electron chi connectivity index (χ1n) is 3.90. The van der Waals surface area contributed by atoms with Crippen LogP contribution >= 0.6 is 11.6 Å². The molecule has 0 fully saturated rings. The fourth-order valence-electron chi connectivity index (χ4n) is 1.03. The Morgan fingerprint density at radius 2 is 2.00 bits per heavy atom. The predicted molar refractivity (Wildman–Crippen MR) is 46.8 cm³/mol. The summed E-state index contributed by atoms with van der Waals surface area (Å²) in [5, 5.41) is 8.04. The Morgan fingerprint density at radius 3 is 2.62 bits per heavy atom. The van der Waals surface area contributed by atoms with Gasteiger partial charge in [0.2, 0.25) is 0 Å². The topological polar surface area (TPSA) is 20.2 Å². The molecule has 0 atom stereocenters. The highest BCUT2D eigenvalue weighted by atomic mass is 35.5. The van der Waals surface area contributed by atoms with Gasteiger partial charge in [0.25, 0.3) is 0 Å². The molecular weight excluding hydrogens is 198 g/mol. The van der Waals surface area contributed by atoms with E-state index in [0.29, 0.717) is 18.4 Å². The van der Waals surface area contributed by atoms with E-state index in [2.05, 4.69) is 0 Å². The molecule has 1 N–H and O–H groups in total. The molecule has 0 radical (unpaired) electrons. The summed E-state index contributed by atoms with van der Waals surface area (Å²) in [4.78, 5) is 0. The molecule has 1 aromatic carbocycles. The van der Waals surface area contributed by atoms with Gasteiger partial charge < -0.3 is 5.11 Å². The molecule has 0 saturated carbocycles. The molecule has 4 heteroatoms. The van der Waals surface area contributed by atoms with E-state index in [4.69, 9.17) is 16.7 Å². The molecule has 13 heavy (non-hydrogen) atoms. The third-order valence-corrected chi connectivity index (χ3v) is 2.07. The van der Waals surface area contributed by atoms with Gasteiger partial charge in [0.15, 0.2) is 0 Å². The van der Waals surface area contributed by atoms with Crippen molar-refractivity contribution in [1.29, 1.82) is 0 Å². The molecule has 0 aliphatic heterocycles. The lowest BCUT2D eigenvalue weighted by Gasteiger charge is -2.03.